The summed E-state index contributed by atoms with van der Waals surface area (Å²) in [7, 11) is 0. The van der Waals surface area contributed by atoms with E-state index in [4.69, 9.17) is 16.7 Å². The van der Waals surface area contributed by atoms with Crippen LogP contribution in [0.2, 0.25) is 5.02 Å². The van der Waals surface area contributed by atoms with Gasteiger partial charge < -0.3 is 5.11 Å². The molecular weight excluding hydrogens is 456 g/mol. The topological polar surface area (TPSA) is 55.1 Å². The quantitative estimate of drug-likeness (QED) is 0.269. The number of rotatable bonds is 7. The zero-order valence-electron chi connectivity index (χ0n) is 19.4. The number of aliphatic carboxylic acids is 1. The Labute approximate surface area is 209 Å². The van der Waals surface area contributed by atoms with Gasteiger partial charge in [-0.05, 0) is 52.6 Å². The normalized spacial score (nSPS) is 12.1. The van der Waals surface area contributed by atoms with Crippen molar-refractivity contribution in [2.75, 3.05) is 0 Å². The number of carbonyl (C=O) groups is 1. The number of halogens is 1. The van der Waals surface area contributed by atoms with E-state index in [1.807, 2.05) is 77.5 Å². The maximum atomic E-state index is 12.4. The molecule has 0 aliphatic carbocycles. The Balaban J connectivity index is 1.54. The smallest absolute Gasteiger partial charge is 0.311 e. The van der Waals surface area contributed by atoms with Crippen molar-refractivity contribution >= 4 is 28.3 Å². The molecule has 5 aromatic rings. The molecular formula is C30H25ClN2O2. The van der Waals surface area contributed by atoms with Crippen LogP contribution in [0.25, 0.3) is 22.0 Å². The Morgan fingerprint density at radius 1 is 0.943 bits per heavy atom. The van der Waals surface area contributed by atoms with Gasteiger partial charge in [-0.1, -0.05) is 96.0 Å². The van der Waals surface area contributed by atoms with E-state index in [0.717, 1.165) is 38.9 Å². The van der Waals surface area contributed by atoms with Crippen LogP contribution in [0.5, 0.6) is 0 Å². The van der Waals surface area contributed by atoms with Gasteiger partial charge in [0.05, 0.1) is 23.9 Å². The zero-order chi connectivity index (χ0) is 24.4. The van der Waals surface area contributed by atoms with Crippen LogP contribution in [0, 0.1) is 6.92 Å². The third kappa shape index (κ3) is 4.98. The summed E-state index contributed by atoms with van der Waals surface area (Å²) < 4.78 is 1.95. The van der Waals surface area contributed by atoms with E-state index < -0.39 is 11.9 Å². The van der Waals surface area contributed by atoms with Gasteiger partial charge in [-0.3, -0.25) is 9.48 Å². The lowest BCUT2D eigenvalue weighted by molar-refractivity contribution is -0.138. The Hall–Kier alpha value is -3.89. The summed E-state index contributed by atoms with van der Waals surface area (Å²) in [4.78, 5) is 12.4. The summed E-state index contributed by atoms with van der Waals surface area (Å²) >= 11 is 6.07. The van der Waals surface area contributed by atoms with Gasteiger partial charge in [-0.15, -0.1) is 0 Å². The monoisotopic (exact) mass is 480 g/mol. The van der Waals surface area contributed by atoms with Crippen molar-refractivity contribution < 1.29 is 9.90 Å². The maximum Gasteiger partial charge on any atom is 0.311 e. The predicted octanol–water partition coefficient (Wildman–Crippen LogP) is 7.12. The molecule has 5 heteroatoms. The molecule has 1 unspecified atom stereocenters. The molecule has 0 saturated heterocycles. The Kier molecular flexibility index (Phi) is 6.39. The van der Waals surface area contributed by atoms with Crippen LogP contribution in [0.4, 0.5) is 0 Å². The molecule has 0 bridgehead atoms. The van der Waals surface area contributed by atoms with Gasteiger partial charge in [0, 0.05) is 11.4 Å². The number of nitrogens with zero attached hydrogens (tertiary/aromatic N) is 2. The van der Waals surface area contributed by atoms with Crippen LogP contribution in [0.15, 0.2) is 97.1 Å². The molecule has 0 fully saturated rings. The first kappa shape index (κ1) is 22.9. The van der Waals surface area contributed by atoms with Crippen LogP contribution in [-0.2, 0) is 17.8 Å². The minimum absolute atomic E-state index is 0.301. The molecule has 1 aromatic heterocycles. The van der Waals surface area contributed by atoms with Crippen molar-refractivity contribution in [2.24, 2.45) is 0 Å². The van der Waals surface area contributed by atoms with Crippen LogP contribution in [0.1, 0.15) is 28.3 Å². The third-order valence-corrected chi connectivity index (χ3v) is 6.59. The second-order valence-corrected chi connectivity index (χ2v) is 9.27. The molecule has 0 aliphatic heterocycles. The molecule has 0 aliphatic rings. The third-order valence-electron chi connectivity index (χ3n) is 6.33. The highest BCUT2D eigenvalue weighted by Gasteiger charge is 2.24. The number of benzene rings is 4. The largest absolute Gasteiger partial charge is 0.481 e. The Bertz CT molecular complexity index is 1480. The van der Waals surface area contributed by atoms with Gasteiger partial charge in [0.15, 0.2) is 0 Å². The molecule has 174 valence electrons. The number of aryl methyl sites for hydroxylation is 1. The fourth-order valence-electron chi connectivity index (χ4n) is 4.50. The van der Waals surface area contributed by atoms with E-state index >= 15 is 0 Å². The lowest BCUT2D eigenvalue weighted by atomic mass is 9.90. The first-order valence-electron chi connectivity index (χ1n) is 11.6. The van der Waals surface area contributed by atoms with Gasteiger partial charge in [0.25, 0.3) is 0 Å². The van der Waals surface area contributed by atoms with E-state index in [0.29, 0.717) is 18.0 Å². The van der Waals surface area contributed by atoms with Crippen molar-refractivity contribution in [1.82, 2.24) is 9.78 Å². The van der Waals surface area contributed by atoms with E-state index in [9.17, 15) is 9.90 Å². The SMILES string of the molecule is Cc1ccc(-c2cc(CC(C(=O)O)c3cccc4ccccc34)nn2Cc2ccc(Cl)cc2)cc1. The summed E-state index contributed by atoms with van der Waals surface area (Å²) in [5.74, 6) is -1.56. The van der Waals surface area contributed by atoms with Crippen molar-refractivity contribution in [2.45, 2.75) is 25.8 Å². The zero-order valence-corrected chi connectivity index (χ0v) is 20.1. The van der Waals surface area contributed by atoms with Crippen molar-refractivity contribution in [3.8, 4) is 11.3 Å². The number of hydrogen-bond acceptors (Lipinski definition) is 2. The average molecular weight is 481 g/mol. The molecule has 1 atom stereocenters. The molecule has 5 rings (SSSR count). The first-order valence-corrected chi connectivity index (χ1v) is 11.9. The van der Waals surface area contributed by atoms with Gasteiger partial charge in [0.1, 0.15) is 0 Å². The van der Waals surface area contributed by atoms with E-state index in [1.165, 1.54) is 5.56 Å². The Morgan fingerprint density at radius 3 is 2.40 bits per heavy atom. The van der Waals surface area contributed by atoms with Crippen LogP contribution in [0.3, 0.4) is 0 Å². The number of fused-ring (bicyclic) bond motifs is 1. The molecule has 0 radical (unpaired) electrons. The molecule has 4 nitrogen and oxygen atoms in total. The molecule has 0 amide bonds. The maximum absolute atomic E-state index is 12.4. The number of carboxylic acids is 1. The highest BCUT2D eigenvalue weighted by Crippen LogP contribution is 2.30. The van der Waals surface area contributed by atoms with Crippen LogP contribution < -0.4 is 0 Å². The predicted molar refractivity (Wildman–Crippen MR) is 141 cm³/mol. The van der Waals surface area contributed by atoms with Crippen molar-refractivity contribution in [3.63, 3.8) is 0 Å². The van der Waals surface area contributed by atoms with Crippen molar-refractivity contribution in [1.29, 1.82) is 0 Å². The van der Waals surface area contributed by atoms with E-state index in [2.05, 4.69) is 31.2 Å². The fourth-order valence-corrected chi connectivity index (χ4v) is 4.63. The highest BCUT2D eigenvalue weighted by atomic mass is 35.5. The minimum atomic E-state index is -0.856. The van der Waals surface area contributed by atoms with Gasteiger partial charge in [-0.25, -0.2) is 0 Å². The summed E-state index contributed by atoms with van der Waals surface area (Å²) in [6.07, 6.45) is 0.301. The molecule has 0 spiro atoms. The summed E-state index contributed by atoms with van der Waals surface area (Å²) in [6.45, 7) is 2.62. The molecule has 1 heterocycles. The highest BCUT2D eigenvalue weighted by molar-refractivity contribution is 6.30. The number of aromatic nitrogens is 2. The average Bonchev–Trinajstić information content (AvgIpc) is 3.26. The van der Waals surface area contributed by atoms with Crippen LogP contribution >= 0.6 is 11.6 Å². The molecule has 1 N–H and O–H groups in total. The summed E-state index contributed by atoms with van der Waals surface area (Å²) in [5, 5.41) is 17.7. The minimum Gasteiger partial charge on any atom is -0.481 e. The second-order valence-electron chi connectivity index (χ2n) is 8.83. The summed E-state index contributed by atoms with van der Waals surface area (Å²) in [5.41, 5.74) is 5.80. The second kappa shape index (κ2) is 9.77. The van der Waals surface area contributed by atoms with Gasteiger partial charge >= 0.3 is 5.97 Å². The lowest BCUT2D eigenvalue weighted by Crippen LogP contribution is -2.15. The molecule has 35 heavy (non-hydrogen) atoms. The Morgan fingerprint density at radius 2 is 1.66 bits per heavy atom. The first-order chi connectivity index (χ1) is 17.0. The number of hydrogen-bond donors (Lipinski definition) is 1. The lowest BCUT2D eigenvalue weighted by Gasteiger charge is -2.14. The van der Waals surface area contributed by atoms with E-state index in [-0.39, 0.29) is 0 Å². The van der Waals surface area contributed by atoms with Gasteiger partial charge in [-0.2, -0.15) is 5.10 Å². The molecule has 0 saturated carbocycles. The number of carboxylic acid groups (broad SMARTS) is 1. The van der Waals surface area contributed by atoms with Crippen LogP contribution in [-0.4, -0.2) is 20.9 Å². The van der Waals surface area contributed by atoms with Gasteiger partial charge in [0.2, 0.25) is 0 Å². The standard InChI is InChI=1S/C30H25ClN2O2/c1-20-9-13-23(14-10-20)29-18-25(32-33(29)19-21-11-15-24(31)16-12-21)17-28(30(34)35)27-8-4-6-22-5-2-3-7-26(22)27/h2-16,18,28H,17,19H2,1H3,(H,34,35). The fraction of sp³-hybridized carbons (Fsp3) is 0.133. The van der Waals surface area contributed by atoms with Crippen molar-refractivity contribution in [3.05, 3.63) is 124 Å². The molecule has 4 aromatic carbocycles. The van der Waals surface area contributed by atoms with E-state index in [1.54, 1.807) is 0 Å². The summed E-state index contributed by atoms with van der Waals surface area (Å²) in [6, 6.07) is 31.8.